The van der Waals surface area contributed by atoms with Gasteiger partial charge in [-0.3, -0.25) is 4.79 Å². The molecule has 3 rings (SSSR count). The van der Waals surface area contributed by atoms with Gasteiger partial charge in [-0.1, -0.05) is 12.1 Å². The molecule has 1 aromatic carbocycles. The molecule has 2 aromatic heterocycles. The van der Waals surface area contributed by atoms with Crippen LogP contribution in [-0.4, -0.2) is 29.5 Å². The van der Waals surface area contributed by atoms with Gasteiger partial charge < -0.3 is 14.6 Å². The number of fused-ring (bicyclic) bond motifs is 1. The molecule has 0 atom stereocenters. The number of furan rings is 1. The van der Waals surface area contributed by atoms with Crippen LogP contribution in [-0.2, 0) is 11.3 Å². The van der Waals surface area contributed by atoms with Crippen LogP contribution >= 0.6 is 0 Å². The molecule has 0 fully saturated rings. The van der Waals surface area contributed by atoms with Crippen molar-refractivity contribution in [3.63, 3.8) is 0 Å². The zero-order valence-corrected chi connectivity index (χ0v) is 12.2. The molecule has 0 saturated carbocycles. The van der Waals surface area contributed by atoms with Crippen LogP contribution in [0.15, 0.2) is 53.4 Å². The molecule has 112 valence electrons. The van der Waals surface area contributed by atoms with E-state index in [0.717, 1.165) is 22.5 Å². The van der Waals surface area contributed by atoms with E-state index < -0.39 is 0 Å². The van der Waals surface area contributed by atoms with Crippen LogP contribution in [0, 0.1) is 0 Å². The monoisotopic (exact) mass is 296 g/mol. The second-order valence-electron chi connectivity index (χ2n) is 4.93. The molecule has 0 aliphatic rings. The van der Waals surface area contributed by atoms with Crippen molar-refractivity contribution in [1.82, 2.24) is 15.3 Å². The highest BCUT2D eigenvalue weighted by Gasteiger charge is 2.12. The van der Waals surface area contributed by atoms with Crippen LogP contribution in [0.25, 0.3) is 10.9 Å². The number of carbonyl (C=O) groups is 1. The lowest BCUT2D eigenvalue weighted by Gasteiger charge is -2.18. The molecule has 1 N–H and O–H groups in total. The van der Waals surface area contributed by atoms with Crippen LogP contribution < -0.4 is 10.2 Å². The Balaban J connectivity index is 1.68. The number of hydrogen-bond donors (Lipinski definition) is 1. The van der Waals surface area contributed by atoms with E-state index in [4.69, 9.17) is 4.42 Å². The van der Waals surface area contributed by atoms with Crippen LogP contribution in [0.5, 0.6) is 0 Å². The average Bonchev–Trinajstić information content (AvgIpc) is 3.06. The maximum Gasteiger partial charge on any atom is 0.239 e. The first-order valence-corrected chi connectivity index (χ1v) is 6.94. The van der Waals surface area contributed by atoms with Gasteiger partial charge in [-0.2, -0.15) is 0 Å². The number of anilines is 1. The Kier molecular flexibility index (Phi) is 4.00. The fraction of sp³-hybridized carbons (Fsp3) is 0.188. The molecule has 0 bridgehead atoms. The van der Waals surface area contributed by atoms with Crippen molar-refractivity contribution >= 4 is 22.6 Å². The Morgan fingerprint density at radius 2 is 2.09 bits per heavy atom. The summed E-state index contributed by atoms with van der Waals surface area (Å²) in [4.78, 5) is 22.3. The summed E-state index contributed by atoms with van der Waals surface area (Å²) >= 11 is 0. The summed E-state index contributed by atoms with van der Waals surface area (Å²) in [7, 11) is 1.83. The number of benzene rings is 1. The number of hydrogen-bond acceptors (Lipinski definition) is 5. The minimum absolute atomic E-state index is 0.0957. The standard InChI is InChI=1S/C16H16N4O2/c1-20(10-15(21)17-9-12-5-4-8-22-12)16-13-6-2-3-7-14(13)18-11-19-16/h2-8,11H,9-10H2,1H3,(H,17,21). The predicted molar refractivity (Wildman–Crippen MR) is 83.4 cm³/mol. The first-order chi connectivity index (χ1) is 10.7. The Morgan fingerprint density at radius 3 is 2.91 bits per heavy atom. The molecule has 22 heavy (non-hydrogen) atoms. The summed E-state index contributed by atoms with van der Waals surface area (Å²) in [6, 6.07) is 11.3. The second kappa shape index (κ2) is 6.26. The number of nitrogens with one attached hydrogen (secondary N) is 1. The van der Waals surface area contributed by atoms with Gasteiger partial charge in [0.2, 0.25) is 5.91 Å². The molecule has 2 heterocycles. The molecule has 3 aromatic rings. The van der Waals surface area contributed by atoms with E-state index in [0.29, 0.717) is 6.54 Å². The van der Waals surface area contributed by atoms with Gasteiger partial charge in [0.05, 0.1) is 24.9 Å². The van der Waals surface area contributed by atoms with Crippen LogP contribution in [0.1, 0.15) is 5.76 Å². The zero-order valence-electron chi connectivity index (χ0n) is 12.2. The van der Waals surface area contributed by atoms with E-state index in [1.807, 2.05) is 42.3 Å². The molecule has 0 aliphatic heterocycles. The minimum Gasteiger partial charge on any atom is -0.467 e. The third-order valence-electron chi connectivity index (χ3n) is 3.30. The number of carbonyl (C=O) groups excluding carboxylic acids is 1. The van der Waals surface area contributed by atoms with E-state index in [-0.39, 0.29) is 12.5 Å². The number of likely N-dealkylation sites (N-methyl/N-ethyl adjacent to an activating group) is 1. The highest BCUT2D eigenvalue weighted by atomic mass is 16.3. The molecule has 0 radical (unpaired) electrons. The van der Waals surface area contributed by atoms with Crippen LogP contribution in [0.3, 0.4) is 0 Å². The first kappa shape index (κ1) is 14.1. The van der Waals surface area contributed by atoms with Crippen molar-refractivity contribution < 1.29 is 9.21 Å². The molecule has 6 heteroatoms. The fourth-order valence-electron chi connectivity index (χ4n) is 2.24. The normalized spacial score (nSPS) is 10.6. The van der Waals surface area contributed by atoms with Crippen LogP contribution in [0.4, 0.5) is 5.82 Å². The lowest BCUT2D eigenvalue weighted by molar-refractivity contribution is -0.120. The average molecular weight is 296 g/mol. The van der Waals surface area contributed by atoms with E-state index in [2.05, 4.69) is 15.3 Å². The van der Waals surface area contributed by atoms with E-state index >= 15 is 0 Å². The Hall–Kier alpha value is -2.89. The van der Waals surface area contributed by atoms with Gasteiger partial charge in [-0.25, -0.2) is 9.97 Å². The lowest BCUT2D eigenvalue weighted by Crippen LogP contribution is -2.35. The lowest BCUT2D eigenvalue weighted by atomic mass is 10.2. The fourth-order valence-corrected chi connectivity index (χ4v) is 2.24. The summed E-state index contributed by atoms with van der Waals surface area (Å²) in [6.45, 7) is 0.589. The summed E-state index contributed by atoms with van der Waals surface area (Å²) in [5.41, 5.74) is 0.857. The van der Waals surface area contributed by atoms with Gasteiger partial charge in [0.25, 0.3) is 0 Å². The van der Waals surface area contributed by atoms with Gasteiger partial charge in [0, 0.05) is 12.4 Å². The molecule has 0 aliphatic carbocycles. The second-order valence-corrected chi connectivity index (χ2v) is 4.93. The van der Waals surface area contributed by atoms with Crippen molar-refractivity contribution in [2.75, 3.05) is 18.5 Å². The number of nitrogens with zero attached hydrogens (tertiary/aromatic N) is 3. The smallest absolute Gasteiger partial charge is 0.239 e. The molecular weight excluding hydrogens is 280 g/mol. The maximum atomic E-state index is 12.0. The van der Waals surface area contributed by atoms with Crippen molar-refractivity contribution in [3.8, 4) is 0 Å². The molecule has 0 saturated heterocycles. The summed E-state index contributed by atoms with van der Waals surface area (Å²) in [6.07, 6.45) is 3.09. The minimum atomic E-state index is -0.0957. The highest BCUT2D eigenvalue weighted by molar-refractivity contribution is 5.91. The van der Waals surface area contributed by atoms with Gasteiger partial charge in [-0.15, -0.1) is 0 Å². The van der Waals surface area contributed by atoms with Crippen LogP contribution in [0.2, 0.25) is 0 Å². The van der Waals surface area contributed by atoms with Crippen molar-refractivity contribution in [3.05, 3.63) is 54.7 Å². The largest absolute Gasteiger partial charge is 0.467 e. The maximum absolute atomic E-state index is 12.0. The third kappa shape index (κ3) is 3.06. The van der Waals surface area contributed by atoms with E-state index in [1.54, 1.807) is 12.3 Å². The predicted octanol–water partition coefficient (Wildman–Crippen LogP) is 1.98. The van der Waals surface area contributed by atoms with Gasteiger partial charge in [0.15, 0.2) is 0 Å². The highest BCUT2D eigenvalue weighted by Crippen LogP contribution is 2.21. The topological polar surface area (TPSA) is 71.3 Å². The third-order valence-corrected chi connectivity index (χ3v) is 3.30. The number of rotatable bonds is 5. The van der Waals surface area contributed by atoms with Crippen molar-refractivity contribution in [2.24, 2.45) is 0 Å². The quantitative estimate of drug-likeness (QED) is 0.779. The van der Waals surface area contributed by atoms with E-state index in [1.165, 1.54) is 6.33 Å². The zero-order chi connectivity index (χ0) is 15.4. The number of para-hydroxylation sites is 1. The van der Waals surface area contributed by atoms with Crippen molar-refractivity contribution in [2.45, 2.75) is 6.54 Å². The number of aromatic nitrogens is 2. The van der Waals surface area contributed by atoms with Gasteiger partial charge >= 0.3 is 0 Å². The number of amides is 1. The Morgan fingerprint density at radius 1 is 1.23 bits per heavy atom. The molecule has 0 unspecified atom stereocenters. The SMILES string of the molecule is CN(CC(=O)NCc1ccco1)c1ncnc2ccccc12. The van der Waals surface area contributed by atoms with Gasteiger partial charge in [0.1, 0.15) is 17.9 Å². The summed E-state index contributed by atoms with van der Waals surface area (Å²) < 4.78 is 5.18. The van der Waals surface area contributed by atoms with Crippen molar-refractivity contribution in [1.29, 1.82) is 0 Å². The Bertz CT molecular complexity index is 765. The molecule has 1 amide bonds. The molecule has 0 spiro atoms. The van der Waals surface area contributed by atoms with E-state index in [9.17, 15) is 4.79 Å². The van der Waals surface area contributed by atoms with Gasteiger partial charge in [-0.05, 0) is 24.3 Å². The first-order valence-electron chi connectivity index (χ1n) is 6.94. The molecular formula is C16H16N4O2. The summed E-state index contributed by atoms with van der Waals surface area (Å²) in [5.74, 6) is 1.36. The Labute approximate surface area is 127 Å². The molecule has 6 nitrogen and oxygen atoms in total. The summed E-state index contributed by atoms with van der Waals surface area (Å²) in [5, 5.41) is 3.74.